The van der Waals surface area contributed by atoms with E-state index < -0.39 is 16.1 Å². The molecule has 0 radical (unpaired) electrons. The van der Waals surface area contributed by atoms with Crippen LogP contribution in [0.5, 0.6) is 0 Å². The maximum atomic E-state index is 12.5. The van der Waals surface area contributed by atoms with Crippen LogP contribution in [0.1, 0.15) is 13.3 Å². The van der Waals surface area contributed by atoms with Crippen LogP contribution in [0.2, 0.25) is 0 Å². The Morgan fingerprint density at radius 2 is 2.16 bits per heavy atom. The molecule has 0 bridgehead atoms. The summed E-state index contributed by atoms with van der Waals surface area (Å²) in [6.07, 6.45) is 0.0193. The molecule has 1 aromatic carbocycles. The van der Waals surface area contributed by atoms with E-state index in [4.69, 9.17) is 5.73 Å². The van der Waals surface area contributed by atoms with Gasteiger partial charge in [-0.15, -0.1) is 0 Å². The number of nitrogen functional groups attached to an aromatic ring is 1. The van der Waals surface area contributed by atoms with Crippen molar-refractivity contribution in [1.29, 1.82) is 0 Å². The van der Waals surface area contributed by atoms with Crippen molar-refractivity contribution in [1.82, 2.24) is 4.31 Å². The van der Waals surface area contributed by atoms with Crippen molar-refractivity contribution in [2.75, 3.05) is 18.8 Å². The average Bonchev–Trinajstić information content (AvgIpc) is 2.35. The molecule has 106 valence electrons. The number of nitrogens with zero attached hydrogens (tertiary/aromatic N) is 1. The molecule has 0 amide bonds. The summed E-state index contributed by atoms with van der Waals surface area (Å²) in [5.41, 5.74) is 5.97. The zero-order valence-corrected chi connectivity index (χ0v) is 13.0. The molecular formula is C12H17BrN2O3S. The summed E-state index contributed by atoms with van der Waals surface area (Å²) in [5, 5.41) is 9.84. The molecular weight excluding hydrogens is 332 g/mol. The quantitative estimate of drug-likeness (QED) is 0.791. The van der Waals surface area contributed by atoms with Crippen LogP contribution >= 0.6 is 15.9 Å². The van der Waals surface area contributed by atoms with E-state index in [1.165, 1.54) is 10.4 Å². The summed E-state index contributed by atoms with van der Waals surface area (Å²) in [6.45, 7) is 2.45. The van der Waals surface area contributed by atoms with Gasteiger partial charge in [0.25, 0.3) is 0 Å². The van der Waals surface area contributed by atoms with Gasteiger partial charge < -0.3 is 10.8 Å². The predicted molar refractivity (Wildman–Crippen MR) is 77.1 cm³/mol. The monoisotopic (exact) mass is 348 g/mol. The van der Waals surface area contributed by atoms with Gasteiger partial charge in [0.1, 0.15) is 4.90 Å². The first kappa shape index (κ1) is 14.8. The molecule has 5 nitrogen and oxygen atoms in total. The average molecular weight is 349 g/mol. The number of hydrogen-bond acceptors (Lipinski definition) is 4. The van der Waals surface area contributed by atoms with E-state index in [1.54, 1.807) is 12.1 Å². The first-order valence-corrected chi connectivity index (χ1v) is 8.29. The van der Waals surface area contributed by atoms with Crippen LogP contribution in [-0.4, -0.2) is 37.0 Å². The summed E-state index contributed by atoms with van der Waals surface area (Å²) in [5.74, 6) is 0.117. The predicted octanol–water partition coefficient (Wildman–Crippen LogP) is 1.42. The Morgan fingerprint density at radius 3 is 2.79 bits per heavy atom. The van der Waals surface area contributed by atoms with Gasteiger partial charge in [-0.2, -0.15) is 4.31 Å². The Morgan fingerprint density at radius 1 is 1.47 bits per heavy atom. The van der Waals surface area contributed by atoms with Gasteiger partial charge in [-0.3, -0.25) is 0 Å². The van der Waals surface area contributed by atoms with Crippen molar-refractivity contribution in [3.05, 3.63) is 22.7 Å². The third kappa shape index (κ3) is 2.94. The van der Waals surface area contributed by atoms with Crippen LogP contribution in [0, 0.1) is 5.92 Å². The van der Waals surface area contributed by atoms with Gasteiger partial charge in [-0.05, 0) is 30.5 Å². The normalized spacial score (nSPS) is 25.4. The lowest BCUT2D eigenvalue weighted by atomic mass is 9.98. The molecule has 2 unspecified atom stereocenters. The maximum absolute atomic E-state index is 12.5. The highest BCUT2D eigenvalue weighted by atomic mass is 79.9. The Balaban J connectivity index is 2.35. The number of β-amino-alcohol motifs (C(OH)–C–C–N with tert-alkyl or cyclic N) is 1. The number of piperidine rings is 1. The highest BCUT2D eigenvalue weighted by molar-refractivity contribution is 9.10. The summed E-state index contributed by atoms with van der Waals surface area (Å²) in [4.78, 5) is 0.0867. The zero-order chi connectivity index (χ0) is 14.2. The van der Waals surface area contributed by atoms with Crippen LogP contribution in [0.15, 0.2) is 27.6 Å². The smallest absolute Gasteiger partial charge is 0.245 e. The van der Waals surface area contributed by atoms with E-state index in [-0.39, 0.29) is 23.0 Å². The van der Waals surface area contributed by atoms with Crippen molar-refractivity contribution in [2.45, 2.75) is 24.3 Å². The number of aliphatic hydroxyl groups is 1. The van der Waals surface area contributed by atoms with Crippen molar-refractivity contribution in [3.63, 3.8) is 0 Å². The molecule has 2 rings (SSSR count). The minimum atomic E-state index is -3.65. The van der Waals surface area contributed by atoms with Gasteiger partial charge in [0.05, 0.1) is 11.8 Å². The van der Waals surface area contributed by atoms with Gasteiger partial charge in [0, 0.05) is 17.6 Å². The number of halogens is 1. The number of anilines is 1. The van der Waals surface area contributed by atoms with Crippen LogP contribution in [0.4, 0.5) is 5.69 Å². The third-order valence-corrected chi connectivity index (χ3v) is 5.89. The Bertz CT molecular complexity index is 576. The fourth-order valence-electron chi connectivity index (χ4n) is 2.11. The molecule has 1 aliphatic heterocycles. The maximum Gasteiger partial charge on any atom is 0.245 e. The van der Waals surface area contributed by atoms with Gasteiger partial charge in [0.15, 0.2) is 0 Å². The number of hydrogen-bond donors (Lipinski definition) is 2. The molecule has 3 N–H and O–H groups in total. The second-order valence-corrected chi connectivity index (χ2v) is 7.70. The molecule has 1 aliphatic rings. The molecule has 2 atom stereocenters. The number of rotatable bonds is 2. The minimum Gasteiger partial charge on any atom is -0.398 e. The second kappa shape index (κ2) is 5.40. The fraction of sp³-hybridized carbons (Fsp3) is 0.500. The van der Waals surface area contributed by atoms with Crippen molar-refractivity contribution < 1.29 is 13.5 Å². The fourth-order valence-corrected chi connectivity index (χ4v) is 4.24. The van der Waals surface area contributed by atoms with Crippen molar-refractivity contribution >= 4 is 31.6 Å². The number of aliphatic hydroxyl groups excluding tert-OH is 1. The molecule has 0 aliphatic carbocycles. The molecule has 19 heavy (non-hydrogen) atoms. The Hall–Kier alpha value is -0.630. The summed E-state index contributed by atoms with van der Waals surface area (Å²) >= 11 is 3.25. The largest absolute Gasteiger partial charge is 0.398 e. The molecule has 7 heteroatoms. The first-order valence-electron chi connectivity index (χ1n) is 6.05. The van der Waals surface area contributed by atoms with Crippen molar-refractivity contribution in [2.24, 2.45) is 5.92 Å². The van der Waals surface area contributed by atoms with Crippen LogP contribution in [0.3, 0.4) is 0 Å². The molecule has 0 aromatic heterocycles. The van der Waals surface area contributed by atoms with E-state index >= 15 is 0 Å². The summed E-state index contributed by atoms with van der Waals surface area (Å²) in [6, 6.07) is 4.75. The molecule has 1 heterocycles. The van der Waals surface area contributed by atoms with E-state index in [1.807, 2.05) is 6.92 Å². The van der Waals surface area contributed by atoms with E-state index in [0.29, 0.717) is 17.4 Å². The van der Waals surface area contributed by atoms with Crippen LogP contribution in [-0.2, 0) is 10.0 Å². The molecule has 1 aromatic rings. The van der Waals surface area contributed by atoms with E-state index in [2.05, 4.69) is 15.9 Å². The van der Waals surface area contributed by atoms with Gasteiger partial charge in [0.2, 0.25) is 10.0 Å². The number of benzene rings is 1. The summed E-state index contributed by atoms with van der Waals surface area (Å²) < 4.78 is 27.0. The highest BCUT2D eigenvalue weighted by Gasteiger charge is 2.33. The highest BCUT2D eigenvalue weighted by Crippen LogP contribution is 2.29. The van der Waals surface area contributed by atoms with Crippen molar-refractivity contribution in [3.8, 4) is 0 Å². The molecule has 0 spiro atoms. The van der Waals surface area contributed by atoms with Crippen LogP contribution < -0.4 is 5.73 Å². The molecule has 1 saturated heterocycles. The first-order chi connectivity index (χ1) is 8.82. The van der Waals surface area contributed by atoms with Gasteiger partial charge >= 0.3 is 0 Å². The van der Waals surface area contributed by atoms with E-state index in [0.717, 1.165) is 0 Å². The second-order valence-electron chi connectivity index (χ2n) is 4.88. The minimum absolute atomic E-state index is 0.0867. The lowest BCUT2D eigenvalue weighted by Crippen LogP contribution is -2.45. The topological polar surface area (TPSA) is 83.6 Å². The Labute approximate surface area is 121 Å². The SMILES string of the molecule is CC1CCN(S(=O)(=O)c2cc(Br)ccc2N)CC1O. The number of nitrogens with two attached hydrogens (primary N) is 1. The standard InChI is InChI=1S/C12H17BrN2O3S/c1-8-4-5-15(7-11(8)16)19(17,18)12-6-9(13)2-3-10(12)14/h2-3,6,8,11,16H,4-5,7,14H2,1H3. The lowest BCUT2D eigenvalue weighted by Gasteiger charge is -2.33. The Kier molecular flexibility index (Phi) is 4.20. The number of sulfonamides is 1. The molecule has 1 fully saturated rings. The summed E-state index contributed by atoms with van der Waals surface area (Å²) in [7, 11) is -3.65. The van der Waals surface area contributed by atoms with E-state index in [9.17, 15) is 13.5 Å². The molecule has 0 saturated carbocycles. The van der Waals surface area contributed by atoms with Gasteiger partial charge in [-0.1, -0.05) is 22.9 Å². The lowest BCUT2D eigenvalue weighted by molar-refractivity contribution is 0.0605. The van der Waals surface area contributed by atoms with Crippen LogP contribution in [0.25, 0.3) is 0 Å². The van der Waals surface area contributed by atoms with Gasteiger partial charge in [-0.25, -0.2) is 8.42 Å². The zero-order valence-electron chi connectivity index (χ0n) is 10.6. The third-order valence-electron chi connectivity index (χ3n) is 3.47.